The molecule has 182 valence electrons. The van der Waals surface area contributed by atoms with Crippen molar-refractivity contribution in [3.63, 3.8) is 0 Å². The largest absolute Gasteiger partial charge is 1.00 e. The summed E-state index contributed by atoms with van der Waals surface area (Å²) in [5.74, 6) is 5.54. The SMILES string of the molecule is C=C/C(CCC=C(C)C)=C1\C(C=CC)CC2(C)C1CCC1C3CCCCC3CCC12.CO.[H-].[Na+]. The van der Waals surface area contributed by atoms with Crippen LogP contribution in [0.2, 0.25) is 0 Å². The summed E-state index contributed by atoms with van der Waals surface area (Å²) in [5.41, 5.74) is 5.32. The summed E-state index contributed by atoms with van der Waals surface area (Å²) in [6.45, 7) is 13.7. The Kier molecular flexibility index (Phi) is 11.7. The van der Waals surface area contributed by atoms with Gasteiger partial charge in [-0.15, -0.1) is 0 Å². The van der Waals surface area contributed by atoms with E-state index in [4.69, 9.17) is 5.11 Å². The fourth-order valence-corrected chi connectivity index (χ4v) is 8.64. The van der Waals surface area contributed by atoms with Crippen LogP contribution in [0.3, 0.4) is 0 Å². The molecule has 0 amide bonds. The average molecular weight is 463 g/mol. The number of hydrogen-bond donors (Lipinski definition) is 1. The number of rotatable bonds is 5. The van der Waals surface area contributed by atoms with Gasteiger partial charge >= 0.3 is 29.6 Å². The van der Waals surface area contributed by atoms with Gasteiger partial charge in [0.05, 0.1) is 0 Å². The molecule has 0 aromatic carbocycles. The Balaban J connectivity index is 0.00000141. The first-order valence-electron chi connectivity index (χ1n) is 13.6. The monoisotopic (exact) mass is 462 g/mol. The van der Waals surface area contributed by atoms with Gasteiger partial charge in [-0.1, -0.05) is 68.2 Å². The minimum absolute atomic E-state index is 0. The fraction of sp³-hybridized carbons (Fsp3) is 0.742. The van der Waals surface area contributed by atoms with E-state index in [-0.39, 0.29) is 31.0 Å². The van der Waals surface area contributed by atoms with Crippen molar-refractivity contribution in [2.45, 2.75) is 98.3 Å². The summed E-state index contributed by atoms with van der Waals surface area (Å²) in [5, 5.41) is 7.00. The summed E-state index contributed by atoms with van der Waals surface area (Å²) in [7, 11) is 1.00. The van der Waals surface area contributed by atoms with E-state index in [9.17, 15) is 0 Å². The van der Waals surface area contributed by atoms with E-state index < -0.39 is 0 Å². The Morgan fingerprint density at radius 3 is 2.45 bits per heavy atom. The van der Waals surface area contributed by atoms with E-state index in [1.807, 2.05) is 0 Å². The molecular weight excluding hydrogens is 411 g/mol. The van der Waals surface area contributed by atoms with Crippen LogP contribution in [-0.2, 0) is 0 Å². The zero-order valence-corrected chi connectivity index (χ0v) is 24.7. The Morgan fingerprint density at radius 2 is 1.79 bits per heavy atom. The van der Waals surface area contributed by atoms with Crippen LogP contribution < -0.4 is 29.6 Å². The van der Waals surface area contributed by atoms with Gasteiger partial charge in [-0.25, -0.2) is 0 Å². The summed E-state index contributed by atoms with van der Waals surface area (Å²) >= 11 is 0. The van der Waals surface area contributed by atoms with Crippen LogP contribution in [0.5, 0.6) is 0 Å². The van der Waals surface area contributed by atoms with Crippen LogP contribution in [0, 0.1) is 40.9 Å². The van der Waals surface area contributed by atoms with Crippen LogP contribution >= 0.6 is 0 Å². The zero-order chi connectivity index (χ0) is 23.3. The third kappa shape index (κ3) is 6.02. The first kappa shape index (κ1) is 29.2. The topological polar surface area (TPSA) is 20.2 Å². The van der Waals surface area contributed by atoms with Crippen molar-refractivity contribution in [3.8, 4) is 0 Å². The van der Waals surface area contributed by atoms with E-state index >= 15 is 0 Å². The Bertz CT molecular complexity index is 734. The van der Waals surface area contributed by atoms with Crippen molar-refractivity contribution in [3.05, 3.63) is 47.6 Å². The van der Waals surface area contributed by atoms with Crippen molar-refractivity contribution in [1.82, 2.24) is 0 Å². The van der Waals surface area contributed by atoms with E-state index in [1.54, 1.807) is 11.1 Å². The minimum Gasteiger partial charge on any atom is -1.00 e. The second-order valence-corrected chi connectivity index (χ2v) is 11.5. The van der Waals surface area contributed by atoms with Crippen molar-refractivity contribution in [2.24, 2.45) is 40.9 Å². The number of aliphatic hydroxyl groups excluding tert-OH is 1. The molecule has 2 heteroatoms. The van der Waals surface area contributed by atoms with Crippen molar-refractivity contribution in [2.75, 3.05) is 7.11 Å². The van der Waals surface area contributed by atoms with Gasteiger partial charge in [-0.2, -0.15) is 0 Å². The molecule has 0 aromatic rings. The number of hydrogen-bond acceptors (Lipinski definition) is 1. The molecule has 0 bridgehead atoms. The quantitative estimate of drug-likeness (QED) is 0.405. The van der Waals surface area contributed by atoms with Crippen LogP contribution in [0.25, 0.3) is 0 Å². The van der Waals surface area contributed by atoms with Crippen LogP contribution in [-0.4, -0.2) is 12.2 Å². The van der Waals surface area contributed by atoms with Gasteiger partial charge in [0, 0.05) is 7.11 Å². The summed E-state index contributed by atoms with van der Waals surface area (Å²) in [6.07, 6.45) is 25.2. The summed E-state index contributed by atoms with van der Waals surface area (Å²) in [6, 6.07) is 0. The van der Waals surface area contributed by atoms with Crippen molar-refractivity contribution in [1.29, 1.82) is 0 Å². The molecule has 4 fully saturated rings. The van der Waals surface area contributed by atoms with E-state index in [0.717, 1.165) is 43.1 Å². The molecule has 0 aromatic heterocycles. The maximum atomic E-state index is 7.00. The normalized spacial score (nSPS) is 38.6. The molecule has 1 nitrogen and oxygen atoms in total. The molecule has 7 unspecified atom stereocenters. The van der Waals surface area contributed by atoms with Crippen molar-refractivity contribution >= 4 is 0 Å². The maximum absolute atomic E-state index is 7.00. The second-order valence-electron chi connectivity index (χ2n) is 11.5. The number of fused-ring (bicyclic) bond motifs is 5. The predicted molar refractivity (Wildman–Crippen MR) is 141 cm³/mol. The van der Waals surface area contributed by atoms with Gasteiger partial charge in [0.1, 0.15) is 0 Å². The first-order valence-corrected chi connectivity index (χ1v) is 13.6. The molecule has 0 saturated heterocycles. The number of aliphatic hydroxyl groups is 1. The molecule has 0 radical (unpaired) electrons. The minimum atomic E-state index is 0. The molecule has 0 aliphatic heterocycles. The predicted octanol–water partition coefficient (Wildman–Crippen LogP) is 5.79. The fourth-order valence-electron chi connectivity index (χ4n) is 8.64. The van der Waals surface area contributed by atoms with Crippen molar-refractivity contribution < 1.29 is 36.1 Å². The van der Waals surface area contributed by atoms with Crippen LogP contribution in [0.1, 0.15) is 99.8 Å². The first-order chi connectivity index (χ1) is 15.5. The molecule has 0 spiro atoms. The summed E-state index contributed by atoms with van der Waals surface area (Å²) < 4.78 is 0. The third-order valence-electron chi connectivity index (χ3n) is 9.76. The van der Waals surface area contributed by atoms with Crippen LogP contribution in [0.4, 0.5) is 0 Å². The molecular formula is C31H51NaO. The molecule has 4 aliphatic rings. The Hall–Kier alpha value is -0.0800. The molecule has 4 saturated carbocycles. The van der Waals surface area contributed by atoms with E-state index in [1.165, 1.54) is 69.8 Å². The molecule has 4 rings (SSSR count). The third-order valence-corrected chi connectivity index (χ3v) is 9.76. The van der Waals surface area contributed by atoms with Gasteiger partial charge in [-0.3, -0.25) is 0 Å². The van der Waals surface area contributed by atoms with Gasteiger partial charge in [0.2, 0.25) is 0 Å². The van der Waals surface area contributed by atoms with E-state index in [0.29, 0.717) is 11.3 Å². The van der Waals surface area contributed by atoms with Gasteiger partial charge in [0.25, 0.3) is 0 Å². The van der Waals surface area contributed by atoms with Gasteiger partial charge in [-0.05, 0) is 119 Å². The maximum Gasteiger partial charge on any atom is 1.00 e. The zero-order valence-electron chi connectivity index (χ0n) is 23.7. The molecule has 0 heterocycles. The van der Waals surface area contributed by atoms with Gasteiger partial charge in [0.15, 0.2) is 0 Å². The molecule has 33 heavy (non-hydrogen) atoms. The Morgan fingerprint density at radius 1 is 1.06 bits per heavy atom. The summed E-state index contributed by atoms with van der Waals surface area (Å²) in [4.78, 5) is 0. The molecule has 1 N–H and O–H groups in total. The smallest absolute Gasteiger partial charge is 1.00 e. The second kappa shape index (κ2) is 13.3. The van der Waals surface area contributed by atoms with Crippen LogP contribution in [0.15, 0.2) is 47.6 Å². The van der Waals surface area contributed by atoms with E-state index in [2.05, 4.69) is 58.6 Å². The Labute approximate surface area is 229 Å². The molecule has 7 atom stereocenters. The molecule has 4 aliphatic carbocycles. The average Bonchev–Trinajstić information content (AvgIpc) is 3.10. The standard InChI is InChI=1S/C30H46.CH4O.Na.H/c1-6-11-24-20-30(5)27-18-16-23-13-8-9-15-25(23)26(27)17-19-28(30)29(24)22(7-2)14-10-12-21(3)4;1-2;;/h6-7,11-12,23-28H,2,8-10,13-20H2,1,3-5H3;2H,1H3;;/q;;+1;-1/b11-6?,29-22-;;;. The number of allylic oxidation sites excluding steroid dienone is 7. The van der Waals surface area contributed by atoms with Gasteiger partial charge < -0.3 is 6.53 Å².